The van der Waals surface area contributed by atoms with Crippen molar-refractivity contribution in [2.45, 2.75) is 19.4 Å². The van der Waals surface area contributed by atoms with E-state index in [1.54, 1.807) is 12.1 Å². The fourth-order valence-electron chi connectivity index (χ4n) is 3.00. The number of nitrogens with one attached hydrogen (secondary N) is 2. The van der Waals surface area contributed by atoms with Gasteiger partial charge in [-0.3, -0.25) is 0 Å². The standard InChI is InChI=1S/C19H21ClN2O2/c1-24-19(23)15-4-2-13(3-5-15)12-22-18-16-9-11-21-10-8-14(16)6-7-17(18)20/h2-7,21-22H,8-12H2,1H3. The van der Waals surface area contributed by atoms with Gasteiger partial charge in [0.15, 0.2) is 0 Å². The maximum absolute atomic E-state index is 11.5. The van der Waals surface area contributed by atoms with Gasteiger partial charge in [0, 0.05) is 6.54 Å². The minimum absolute atomic E-state index is 0.321. The summed E-state index contributed by atoms with van der Waals surface area (Å²) in [5.74, 6) is -0.321. The highest BCUT2D eigenvalue weighted by Crippen LogP contribution is 2.31. The molecule has 0 aliphatic carbocycles. The molecule has 1 heterocycles. The van der Waals surface area contributed by atoms with Crippen molar-refractivity contribution in [1.29, 1.82) is 0 Å². The summed E-state index contributed by atoms with van der Waals surface area (Å²) in [4.78, 5) is 11.5. The minimum atomic E-state index is -0.321. The molecule has 0 spiro atoms. The molecule has 1 aliphatic rings. The van der Waals surface area contributed by atoms with Crippen LogP contribution in [0.2, 0.25) is 5.02 Å². The molecule has 0 unspecified atom stereocenters. The van der Waals surface area contributed by atoms with Crippen LogP contribution in [-0.2, 0) is 24.1 Å². The number of halogens is 1. The van der Waals surface area contributed by atoms with Crippen molar-refractivity contribution < 1.29 is 9.53 Å². The van der Waals surface area contributed by atoms with Crippen LogP contribution in [0, 0.1) is 0 Å². The summed E-state index contributed by atoms with van der Waals surface area (Å²) >= 11 is 6.42. The lowest BCUT2D eigenvalue weighted by Crippen LogP contribution is -2.16. The molecule has 0 amide bonds. The fourth-order valence-corrected chi connectivity index (χ4v) is 3.25. The van der Waals surface area contributed by atoms with Gasteiger partial charge < -0.3 is 15.4 Å². The van der Waals surface area contributed by atoms with E-state index in [0.717, 1.165) is 42.2 Å². The highest BCUT2D eigenvalue weighted by molar-refractivity contribution is 6.33. The number of anilines is 1. The first-order valence-corrected chi connectivity index (χ1v) is 8.49. The summed E-state index contributed by atoms with van der Waals surface area (Å²) in [7, 11) is 1.38. The van der Waals surface area contributed by atoms with E-state index in [1.807, 2.05) is 18.2 Å². The zero-order valence-corrected chi connectivity index (χ0v) is 14.5. The zero-order chi connectivity index (χ0) is 16.9. The molecule has 1 aliphatic heterocycles. The van der Waals surface area contributed by atoms with Gasteiger partial charge >= 0.3 is 5.97 Å². The van der Waals surface area contributed by atoms with Gasteiger partial charge in [-0.05, 0) is 60.8 Å². The second kappa shape index (κ2) is 7.69. The average molecular weight is 345 g/mol. The summed E-state index contributed by atoms with van der Waals surface area (Å²) in [5, 5.41) is 7.65. The Morgan fingerprint density at radius 1 is 1.17 bits per heavy atom. The maximum atomic E-state index is 11.5. The van der Waals surface area contributed by atoms with E-state index in [-0.39, 0.29) is 5.97 Å². The second-order valence-electron chi connectivity index (χ2n) is 5.85. The number of esters is 1. The van der Waals surface area contributed by atoms with Crippen molar-refractivity contribution in [3.05, 3.63) is 63.7 Å². The predicted octanol–water partition coefficient (Wildman–Crippen LogP) is 3.43. The first-order valence-electron chi connectivity index (χ1n) is 8.11. The molecule has 0 saturated heterocycles. The Bertz CT molecular complexity index is 729. The van der Waals surface area contributed by atoms with Crippen LogP contribution in [0.3, 0.4) is 0 Å². The summed E-state index contributed by atoms with van der Waals surface area (Å²) in [6, 6.07) is 11.5. The van der Waals surface area contributed by atoms with E-state index in [0.29, 0.717) is 12.1 Å². The monoisotopic (exact) mass is 344 g/mol. The van der Waals surface area contributed by atoms with Gasteiger partial charge in [-0.1, -0.05) is 29.8 Å². The lowest BCUT2D eigenvalue weighted by atomic mass is 10.0. The summed E-state index contributed by atoms with van der Waals surface area (Å²) < 4.78 is 4.72. The van der Waals surface area contributed by atoms with Gasteiger partial charge in [0.25, 0.3) is 0 Å². The number of carbonyl (C=O) groups is 1. The largest absolute Gasteiger partial charge is 0.465 e. The third-order valence-electron chi connectivity index (χ3n) is 4.33. The number of ether oxygens (including phenoxy) is 1. The number of benzene rings is 2. The van der Waals surface area contributed by atoms with Crippen LogP contribution >= 0.6 is 11.6 Å². The third kappa shape index (κ3) is 3.71. The second-order valence-corrected chi connectivity index (χ2v) is 6.26. The van der Waals surface area contributed by atoms with Gasteiger partial charge in [-0.2, -0.15) is 0 Å². The van der Waals surface area contributed by atoms with Crippen molar-refractivity contribution in [3.8, 4) is 0 Å². The molecule has 0 bridgehead atoms. The van der Waals surface area contributed by atoms with Gasteiger partial charge in [0.2, 0.25) is 0 Å². The lowest BCUT2D eigenvalue weighted by Gasteiger charge is -2.16. The van der Waals surface area contributed by atoms with Gasteiger partial charge in [-0.15, -0.1) is 0 Å². The first kappa shape index (κ1) is 16.8. The van der Waals surface area contributed by atoms with E-state index >= 15 is 0 Å². The van der Waals surface area contributed by atoms with Crippen molar-refractivity contribution in [2.75, 3.05) is 25.5 Å². The summed E-state index contributed by atoms with van der Waals surface area (Å²) in [6.07, 6.45) is 1.99. The molecule has 2 aromatic rings. The Morgan fingerprint density at radius 3 is 2.67 bits per heavy atom. The van der Waals surface area contributed by atoms with Gasteiger partial charge in [-0.25, -0.2) is 4.79 Å². The molecule has 3 rings (SSSR count). The smallest absolute Gasteiger partial charge is 0.337 e. The molecule has 126 valence electrons. The Kier molecular flexibility index (Phi) is 5.38. The van der Waals surface area contributed by atoms with E-state index in [1.165, 1.54) is 18.2 Å². The number of hydrogen-bond acceptors (Lipinski definition) is 4. The Balaban J connectivity index is 1.76. The molecular weight excluding hydrogens is 324 g/mol. The van der Waals surface area contributed by atoms with Crippen molar-refractivity contribution in [3.63, 3.8) is 0 Å². The number of methoxy groups -OCH3 is 1. The van der Waals surface area contributed by atoms with Crippen LogP contribution in [0.1, 0.15) is 27.0 Å². The molecule has 24 heavy (non-hydrogen) atoms. The molecular formula is C19H21ClN2O2. The van der Waals surface area contributed by atoms with E-state index < -0.39 is 0 Å². The van der Waals surface area contributed by atoms with Crippen molar-refractivity contribution in [2.24, 2.45) is 0 Å². The van der Waals surface area contributed by atoms with Crippen LogP contribution in [0.4, 0.5) is 5.69 Å². The number of rotatable bonds is 4. The van der Waals surface area contributed by atoms with E-state index in [2.05, 4.69) is 16.7 Å². The Labute approximate surface area is 147 Å². The molecule has 0 saturated carbocycles. The van der Waals surface area contributed by atoms with Gasteiger partial charge in [0.1, 0.15) is 0 Å². The van der Waals surface area contributed by atoms with Crippen molar-refractivity contribution in [1.82, 2.24) is 5.32 Å². The number of hydrogen-bond donors (Lipinski definition) is 2. The van der Waals surface area contributed by atoms with Crippen LogP contribution in [-0.4, -0.2) is 26.2 Å². The molecule has 0 fully saturated rings. The number of carbonyl (C=O) groups excluding carboxylic acids is 1. The lowest BCUT2D eigenvalue weighted by molar-refractivity contribution is 0.0600. The molecule has 5 heteroatoms. The van der Waals surface area contributed by atoms with Gasteiger partial charge in [0.05, 0.1) is 23.4 Å². The molecule has 4 nitrogen and oxygen atoms in total. The molecule has 2 N–H and O–H groups in total. The summed E-state index contributed by atoms with van der Waals surface area (Å²) in [5.41, 5.74) is 5.32. The first-order chi connectivity index (χ1) is 11.7. The van der Waals surface area contributed by atoms with Crippen molar-refractivity contribution >= 4 is 23.3 Å². The SMILES string of the molecule is COC(=O)c1ccc(CNc2c(Cl)ccc3c2CCNCC3)cc1. The molecule has 0 radical (unpaired) electrons. The van der Waals surface area contributed by atoms with Crippen LogP contribution in [0.5, 0.6) is 0 Å². The molecule has 2 aromatic carbocycles. The third-order valence-corrected chi connectivity index (χ3v) is 4.64. The van der Waals surface area contributed by atoms with Crippen LogP contribution < -0.4 is 10.6 Å². The summed E-state index contributed by atoms with van der Waals surface area (Å²) in [6.45, 7) is 2.63. The highest BCUT2D eigenvalue weighted by atomic mass is 35.5. The predicted molar refractivity (Wildman–Crippen MR) is 96.8 cm³/mol. The maximum Gasteiger partial charge on any atom is 0.337 e. The van der Waals surface area contributed by atoms with E-state index in [4.69, 9.17) is 16.3 Å². The topological polar surface area (TPSA) is 50.4 Å². The average Bonchev–Trinajstić information content (AvgIpc) is 2.86. The normalized spacial score (nSPS) is 13.8. The van der Waals surface area contributed by atoms with E-state index in [9.17, 15) is 4.79 Å². The number of fused-ring (bicyclic) bond motifs is 1. The quantitative estimate of drug-likeness (QED) is 0.834. The minimum Gasteiger partial charge on any atom is -0.465 e. The zero-order valence-electron chi connectivity index (χ0n) is 13.7. The Hall–Kier alpha value is -2.04. The Morgan fingerprint density at radius 2 is 1.92 bits per heavy atom. The molecule has 0 atom stereocenters. The highest BCUT2D eigenvalue weighted by Gasteiger charge is 2.14. The fraction of sp³-hybridized carbons (Fsp3) is 0.316. The molecule has 0 aromatic heterocycles. The van der Waals surface area contributed by atoms with Crippen LogP contribution in [0.25, 0.3) is 0 Å². The van der Waals surface area contributed by atoms with Crippen LogP contribution in [0.15, 0.2) is 36.4 Å².